The number of anilines is 1. The molecular weight excluding hydrogens is 333 g/mol. The van der Waals surface area contributed by atoms with E-state index < -0.39 is 17.6 Å². The molecule has 2 rings (SSSR count). The summed E-state index contributed by atoms with van der Waals surface area (Å²) in [6.07, 6.45) is -3.17. The molecule has 0 radical (unpaired) electrons. The Morgan fingerprint density at radius 1 is 1.28 bits per heavy atom. The molecule has 0 atom stereocenters. The summed E-state index contributed by atoms with van der Waals surface area (Å²) in [5.74, 6) is -0.850. The Kier molecular flexibility index (Phi) is 6.04. The van der Waals surface area contributed by atoms with Gasteiger partial charge in [-0.2, -0.15) is 18.4 Å². The zero-order valence-electron chi connectivity index (χ0n) is 13.8. The normalized spacial score (nSPS) is 16.4. The zero-order valence-corrected chi connectivity index (χ0v) is 13.8. The highest BCUT2D eigenvalue weighted by atomic mass is 19.4. The molecule has 5 nitrogen and oxygen atoms in total. The van der Waals surface area contributed by atoms with Gasteiger partial charge in [0, 0.05) is 32.4 Å². The maximum atomic E-state index is 13.0. The fraction of sp³-hybridized carbons (Fsp3) is 0.412. The second-order valence-corrected chi connectivity index (χ2v) is 5.62. The largest absolute Gasteiger partial charge is 0.418 e. The van der Waals surface area contributed by atoms with Crippen molar-refractivity contribution in [3.63, 3.8) is 0 Å². The average molecular weight is 352 g/mol. The summed E-state index contributed by atoms with van der Waals surface area (Å²) in [7, 11) is 0. The number of rotatable bonds is 4. The predicted octanol–water partition coefficient (Wildman–Crippen LogP) is 2.69. The minimum Gasteiger partial charge on any atom is -0.374 e. The van der Waals surface area contributed by atoms with E-state index in [1.165, 1.54) is 18.3 Å². The Morgan fingerprint density at radius 2 is 1.92 bits per heavy atom. The van der Waals surface area contributed by atoms with Crippen molar-refractivity contribution >= 4 is 11.6 Å². The lowest BCUT2D eigenvalue weighted by Crippen LogP contribution is -2.44. The van der Waals surface area contributed by atoms with E-state index >= 15 is 0 Å². The van der Waals surface area contributed by atoms with Gasteiger partial charge >= 0.3 is 6.18 Å². The SMILES string of the molecule is CCN1CCN(/C=C(/C#N)C(=O)Nc2ccccc2C(F)(F)F)CC1. The number of carbonyl (C=O) groups excluding carboxylic acids is 1. The van der Waals surface area contributed by atoms with E-state index in [-0.39, 0.29) is 11.3 Å². The molecule has 0 saturated carbocycles. The van der Waals surface area contributed by atoms with Crippen LogP contribution in [-0.2, 0) is 11.0 Å². The number of para-hydroxylation sites is 1. The van der Waals surface area contributed by atoms with Gasteiger partial charge < -0.3 is 15.1 Å². The first kappa shape index (κ1) is 18.8. The van der Waals surface area contributed by atoms with Crippen LogP contribution in [0.1, 0.15) is 12.5 Å². The summed E-state index contributed by atoms with van der Waals surface area (Å²) in [6.45, 7) is 5.92. The van der Waals surface area contributed by atoms with Crippen LogP contribution in [0, 0.1) is 11.3 Å². The molecule has 0 bridgehead atoms. The molecule has 0 unspecified atom stereocenters. The second-order valence-electron chi connectivity index (χ2n) is 5.62. The van der Waals surface area contributed by atoms with E-state index in [9.17, 15) is 23.2 Å². The van der Waals surface area contributed by atoms with Gasteiger partial charge in [0.25, 0.3) is 5.91 Å². The van der Waals surface area contributed by atoms with Crippen molar-refractivity contribution in [1.29, 1.82) is 5.26 Å². The Labute approximate surface area is 144 Å². The Morgan fingerprint density at radius 3 is 2.48 bits per heavy atom. The molecule has 1 aliphatic rings. The maximum Gasteiger partial charge on any atom is 0.418 e. The number of hydrogen-bond donors (Lipinski definition) is 1. The van der Waals surface area contributed by atoms with Crippen LogP contribution in [-0.4, -0.2) is 48.4 Å². The van der Waals surface area contributed by atoms with Gasteiger partial charge in [0.1, 0.15) is 11.6 Å². The minimum absolute atomic E-state index is 0.220. The number of halogens is 3. The zero-order chi connectivity index (χ0) is 18.4. The van der Waals surface area contributed by atoms with Crippen LogP contribution < -0.4 is 5.32 Å². The quantitative estimate of drug-likeness (QED) is 0.669. The minimum atomic E-state index is -4.59. The Balaban J connectivity index is 2.12. The number of amides is 1. The molecule has 1 aromatic carbocycles. The molecular formula is C17H19F3N4O. The predicted molar refractivity (Wildman–Crippen MR) is 87.5 cm³/mol. The fourth-order valence-corrected chi connectivity index (χ4v) is 2.56. The number of carbonyl (C=O) groups is 1. The number of nitriles is 1. The summed E-state index contributed by atoms with van der Waals surface area (Å²) < 4.78 is 38.9. The first-order chi connectivity index (χ1) is 11.8. The van der Waals surface area contributed by atoms with E-state index in [2.05, 4.69) is 17.1 Å². The number of hydrogen-bond acceptors (Lipinski definition) is 4. The number of benzene rings is 1. The summed E-state index contributed by atoms with van der Waals surface area (Å²) in [5.41, 5.74) is -1.53. The first-order valence-electron chi connectivity index (χ1n) is 7.91. The van der Waals surface area contributed by atoms with Crippen LogP contribution in [0.2, 0.25) is 0 Å². The van der Waals surface area contributed by atoms with Gasteiger partial charge in [0.2, 0.25) is 0 Å². The molecule has 25 heavy (non-hydrogen) atoms. The Bertz CT molecular complexity index is 686. The fourth-order valence-electron chi connectivity index (χ4n) is 2.56. The van der Waals surface area contributed by atoms with Crippen molar-refractivity contribution in [2.75, 3.05) is 38.0 Å². The highest BCUT2D eigenvalue weighted by molar-refractivity contribution is 6.06. The van der Waals surface area contributed by atoms with Gasteiger partial charge in [-0.25, -0.2) is 0 Å². The molecule has 0 aromatic heterocycles. The molecule has 8 heteroatoms. The van der Waals surface area contributed by atoms with Gasteiger partial charge in [-0.3, -0.25) is 4.79 Å². The number of piperazine rings is 1. The second kappa shape index (κ2) is 8.03. The summed E-state index contributed by atoms with van der Waals surface area (Å²) in [5, 5.41) is 11.4. The molecule has 1 heterocycles. The number of nitrogens with zero attached hydrogens (tertiary/aromatic N) is 3. The molecule has 1 aromatic rings. The lowest BCUT2D eigenvalue weighted by Gasteiger charge is -2.33. The van der Waals surface area contributed by atoms with E-state index in [1.807, 2.05) is 4.90 Å². The van der Waals surface area contributed by atoms with Crippen molar-refractivity contribution in [2.45, 2.75) is 13.1 Å². The van der Waals surface area contributed by atoms with Gasteiger partial charge in [-0.15, -0.1) is 0 Å². The monoisotopic (exact) mass is 352 g/mol. The lowest BCUT2D eigenvalue weighted by molar-refractivity contribution is -0.137. The molecule has 1 saturated heterocycles. The topological polar surface area (TPSA) is 59.4 Å². The molecule has 134 valence electrons. The molecule has 1 amide bonds. The van der Waals surface area contributed by atoms with Crippen LogP contribution >= 0.6 is 0 Å². The first-order valence-corrected chi connectivity index (χ1v) is 7.91. The smallest absolute Gasteiger partial charge is 0.374 e. The number of alkyl halides is 3. The van der Waals surface area contributed by atoms with Crippen LogP contribution in [0.4, 0.5) is 18.9 Å². The van der Waals surface area contributed by atoms with Crippen LogP contribution in [0.15, 0.2) is 36.0 Å². The van der Waals surface area contributed by atoms with Crippen LogP contribution in [0.25, 0.3) is 0 Å². The van der Waals surface area contributed by atoms with E-state index in [1.54, 1.807) is 6.07 Å². The van der Waals surface area contributed by atoms with E-state index in [4.69, 9.17) is 0 Å². The van der Waals surface area contributed by atoms with Crippen molar-refractivity contribution in [3.05, 3.63) is 41.6 Å². The van der Waals surface area contributed by atoms with Crippen LogP contribution in [0.5, 0.6) is 0 Å². The van der Waals surface area contributed by atoms with E-state index in [0.29, 0.717) is 13.1 Å². The number of likely N-dealkylation sites (N-methyl/N-ethyl adjacent to an activating group) is 1. The van der Waals surface area contributed by atoms with Crippen molar-refractivity contribution < 1.29 is 18.0 Å². The third-order valence-electron chi connectivity index (χ3n) is 4.01. The van der Waals surface area contributed by atoms with Gasteiger partial charge in [0.15, 0.2) is 0 Å². The molecule has 1 aliphatic heterocycles. The average Bonchev–Trinajstić information content (AvgIpc) is 2.59. The summed E-state index contributed by atoms with van der Waals surface area (Å²) >= 11 is 0. The molecule has 0 spiro atoms. The van der Waals surface area contributed by atoms with Gasteiger partial charge in [0.05, 0.1) is 11.3 Å². The third-order valence-corrected chi connectivity index (χ3v) is 4.01. The Hall–Kier alpha value is -2.53. The molecule has 1 fully saturated rings. The van der Waals surface area contributed by atoms with Crippen molar-refractivity contribution in [1.82, 2.24) is 9.80 Å². The van der Waals surface area contributed by atoms with Gasteiger partial charge in [-0.1, -0.05) is 19.1 Å². The molecule has 1 N–H and O–H groups in total. The van der Waals surface area contributed by atoms with Crippen LogP contribution in [0.3, 0.4) is 0 Å². The highest BCUT2D eigenvalue weighted by Crippen LogP contribution is 2.34. The number of nitrogens with one attached hydrogen (secondary N) is 1. The highest BCUT2D eigenvalue weighted by Gasteiger charge is 2.33. The standard InChI is InChI=1S/C17H19F3N4O/c1-2-23-7-9-24(10-8-23)12-13(11-21)16(25)22-15-6-4-3-5-14(15)17(18,19)20/h3-6,12H,2,7-10H2,1H3,(H,22,25)/b13-12-. The summed E-state index contributed by atoms with van der Waals surface area (Å²) in [4.78, 5) is 16.3. The van der Waals surface area contributed by atoms with E-state index in [0.717, 1.165) is 31.8 Å². The summed E-state index contributed by atoms with van der Waals surface area (Å²) in [6, 6.07) is 6.45. The van der Waals surface area contributed by atoms with Gasteiger partial charge in [-0.05, 0) is 18.7 Å². The van der Waals surface area contributed by atoms with Crippen molar-refractivity contribution in [2.24, 2.45) is 0 Å². The lowest BCUT2D eigenvalue weighted by atomic mass is 10.1. The maximum absolute atomic E-state index is 13.0. The molecule has 0 aliphatic carbocycles. The van der Waals surface area contributed by atoms with Crippen molar-refractivity contribution in [3.8, 4) is 6.07 Å². The third kappa shape index (κ3) is 4.97.